The molecule has 2 fully saturated rings. The summed E-state index contributed by atoms with van der Waals surface area (Å²) >= 11 is 12.8. The number of aromatic nitrogens is 1. The number of nitrogens with one attached hydrogen (secondary N) is 1. The highest BCUT2D eigenvalue weighted by molar-refractivity contribution is 7.89. The summed E-state index contributed by atoms with van der Waals surface area (Å²) in [5.41, 5.74) is 3.72. The Morgan fingerprint density at radius 1 is 1.00 bits per heavy atom. The smallest absolute Gasteiger partial charge is 0.328 e. The third-order valence-electron chi connectivity index (χ3n) is 9.14. The van der Waals surface area contributed by atoms with E-state index in [1.54, 1.807) is 42.5 Å². The Hall–Kier alpha value is -3.50. The van der Waals surface area contributed by atoms with Crippen LogP contribution in [0, 0.1) is 12.8 Å². The predicted molar refractivity (Wildman–Crippen MR) is 179 cm³/mol. The molecule has 46 heavy (non-hydrogen) atoms. The van der Waals surface area contributed by atoms with E-state index >= 15 is 0 Å². The summed E-state index contributed by atoms with van der Waals surface area (Å²) in [4.78, 5) is 31.8. The minimum Gasteiger partial charge on any atom is -0.467 e. The monoisotopic (exact) mass is 679 g/mol. The van der Waals surface area contributed by atoms with Crippen molar-refractivity contribution in [2.75, 3.05) is 7.11 Å². The van der Waals surface area contributed by atoms with Crippen LogP contribution in [-0.4, -0.2) is 54.8 Å². The number of rotatable bonds is 8. The Bertz CT molecular complexity index is 1880. The first kappa shape index (κ1) is 32.4. The topological polar surface area (TPSA) is 106 Å². The van der Waals surface area contributed by atoms with Crippen molar-refractivity contribution in [1.29, 1.82) is 0 Å². The molecule has 240 valence electrons. The van der Waals surface area contributed by atoms with E-state index in [9.17, 15) is 18.0 Å². The first-order valence-corrected chi connectivity index (χ1v) is 17.6. The Morgan fingerprint density at radius 3 is 2.43 bits per heavy atom. The fraction of sp³-hybridized carbons (Fsp3) is 0.343. The van der Waals surface area contributed by atoms with Crippen LogP contribution in [0.25, 0.3) is 22.2 Å². The summed E-state index contributed by atoms with van der Waals surface area (Å²) in [6.45, 7) is 1.90. The number of esters is 1. The normalized spacial score (nSPS) is 20.7. The SMILES string of the molecule is COC(=O)C(Cc1ccc2nc(-c3c(Cl)cccc3Cl)ccc2c1)NC(=O)[C@@H]1C[C@@H]2CCCC[C@@H]2N1S(=O)(=O)c1ccc(C)cc1. The molecule has 0 spiro atoms. The van der Waals surface area contributed by atoms with Crippen molar-refractivity contribution in [2.24, 2.45) is 5.92 Å². The zero-order valence-electron chi connectivity index (χ0n) is 25.6. The van der Waals surface area contributed by atoms with Gasteiger partial charge in [0.1, 0.15) is 12.1 Å². The average molecular weight is 681 g/mol. The van der Waals surface area contributed by atoms with Crippen molar-refractivity contribution in [3.05, 3.63) is 94.0 Å². The number of carbonyl (C=O) groups is 2. The molecule has 0 bridgehead atoms. The number of fused-ring (bicyclic) bond motifs is 2. The second-order valence-electron chi connectivity index (χ2n) is 12.1. The molecule has 1 aliphatic heterocycles. The van der Waals surface area contributed by atoms with E-state index in [1.807, 2.05) is 37.3 Å². The molecule has 4 atom stereocenters. The molecule has 4 aromatic rings. The number of nitrogens with zero attached hydrogens (tertiary/aromatic N) is 2. The lowest BCUT2D eigenvalue weighted by atomic mass is 9.85. The van der Waals surface area contributed by atoms with Gasteiger partial charge in [-0.2, -0.15) is 4.31 Å². The van der Waals surface area contributed by atoms with Gasteiger partial charge in [-0.05, 0) is 80.1 Å². The van der Waals surface area contributed by atoms with Gasteiger partial charge in [0.25, 0.3) is 0 Å². The molecule has 8 nitrogen and oxygen atoms in total. The maximum atomic E-state index is 14.0. The Balaban J connectivity index is 1.25. The third-order valence-corrected chi connectivity index (χ3v) is 11.7. The van der Waals surface area contributed by atoms with Crippen LogP contribution in [0.3, 0.4) is 0 Å². The quantitative estimate of drug-likeness (QED) is 0.207. The Kier molecular flexibility index (Phi) is 9.39. The molecule has 1 saturated heterocycles. The molecule has 1 amide bonds. The fourth-order valence-corrected chi connectivity index (χ4v) is 9.31. The lowest BCUT2D eigenvalue weighted by Crippen LogP contribution is -2.53. The standard InChI is InChI=1S/C35H35Cl2N3O5S/c1-21-10-14-25(15-11-21)46(43,44)40-31-9-4-3-6-24(31)20-32(40)34(41)39-30(35(42)45-2)19-22-12-16-28-23(18-22)13-17-29(38-28)33-26(36)7-5-8-27(33)37/h5,7-8,10-18,24,30-32H,3-4,6,9,19-20H2,1-2H3,(H,39,41)/t24-,30?,31-,32-/m0/s1. The minimum absolute atomic E-state index is 0.0832. The summed E-state index contributed by atoms with van der Waals surface area (Å²) in [5.74, 6) is -1.03. The molecule has 1 aromatic heterocycles. The molecule has 1 aliphatic carbocycles. The van der Waals surface area contributed by atoms with E-state index < -0.39 is 34.0 Å². The molecule has 0 radical (unpaired) electrons. The van der Waals surface area contributed by atoms with Gasteiger partial charge in [0.2, 0.25) is 15.9 Å². The third kappa shape index (κ3) is 6.38. The first-order valence-electron chi connectivity index (χ1n) is 15.4. The Morgan fingerprint density at radius 2 is 1.72 bits per heavy atom. The van der Waals surface area contributed by atoms with E-state index in [0.29, 0.717) is 39.7 Å². The van der Waals surface area contributed by atoms with Gasteiger partial charge in [-0.3, -0.25) is 4.79 Å². The first-order chi connectivity index (χ1) is 22.1. The van der Waals surface area contributed by atoms with Crippen LogP contribution < -0.4 is 5.32 Å². The van der Waals surface area contributed by atoms with Gasteiger partial charge in [0, 0.05) is 23.4 Å². The molecule has 1 N–H and O–H groups in total. The van der Waals surface area contributed by atoms with Crippen molar-refractivity contribution in [3.63, 3.8) is 0 Å². The molecular weight excluding hydrogens is 645 g/mol. The van der Waals surface area contributed by atoms with Crippen molar-refractivity contribution >= 4 is 56.0 Å². The van der Waals surface area contributed by atoms with E-state index in [-0.39, 0.29) is 23.3 Å². The van der Waals surface area contributed by atoms with Crippen LogP contribution in [-0.2, 0) is 30.8 Å². The van der Waals surface area contributed by atoms with Crippen LogP contribution in [0.2, 0.25) is 10.0 Å². The van der Waals surface area contributed by atoms with E-state index in [2.05, 4.69) is 5.32 Å². The van der Waals surface area contributed by atoms with Crippen molar-refractivity contribution in [1.82, 2.24) is 14.6 Å². The largest absolute Gasteiger partial charge is 0.467 e. The summed E-state index contributed by atoms with van der Waals surface area (Å²) in [6, 6.07) is 19.1. The van der Waals surface area contributed by atoms with Gasteiger partial charge in [-0.25, -0.2) is 18.2 Å². The van der Waals surface area contributed by atoms with Crippen molar-refractivity contribution < 1.29 is 22.7 Å². The van der Waals surface area contributed by atoms with Gasteiger partial charge in [-0.1, -0.05) is 71.9 Å². The number of halogens is 2. The minimum atomic E-state index is -3.96. The van der Waals surface area contributed by atoms with Crippen LogP contribution in [0.1, 0.15) is 43.2 Å². The van der Waals surface area contributed by atoms with Crippen LogP contribution in [0.4, 0.5) is 0 Å². The van der Waals surface area contributed by atoms with Crippen LogP contribution in [0.15, 0.2) is 77.7 Å². The average Bonchev–Trinajstić information content (AvgIpc) is 3.45. The number of ether oxygens (including phenoxy) is 1. The number of pyridine rings is 1. The zero-order valence-corrected chi connectivity index (χ0v) is 27.9. The summed E-state index contributed by atoms with van der Waals surface area (Å²) in [5, 5.41) is 4.68. The van der Waals surface area contributed by atoms with E-state index in [4.69, 9.17) is 32.9 Å². The maximum Gasteiger partial charge on any atom is 0.328 e. The lowest BCUT2D eigenvalue weighted by molar-refractivity contribution is -0.145. The lowest BCUT2D eigenvalue weighted by Gasteiger charge is -2.33. The molecule has 1 saturated carbocycles. The van der Waals surface area contributed by atoms with Crippen molar-refractivity contribution in [2.45, 2.75) is 68.5 Å². The summed E-state index contributed by atoms with van der Waals surface area (Å²) in [7, 11) is -2.69. The van der Waals surface area contributed by atoms with E-state index in [1.165, 1.54) is 11.4 Å². The van der Waals surface area contributed by atoms with Crippen LogP contribution in [0.5, 0.6) is 0 Å². The number of benzene rings is 3. The van der Waals surface area contributed by atoms with Gasteiger partial charge >= 0.3 is 5.97 Å². The van der Waals surface area contributed by atoms with Crippen molar-refractivity contribution in [3.8, 4) is 11.3 Å². The van der Waals surface area contributed by atoms with Crippen LogP contribution >= 0.6 is 23.2 Å². The maximum absolute atomic E-state index is 14.0. The number of hydrogen-bond donors (Lipinski definition) is 1. The zero-order chi connectivity index (χ0) is 32.6. The number of carbonyl (C=O) groups excluding carboxylic acids is 2. The molecule has 2 aliphatic rings. The Labute approximate surface area is 279 Å². The molecule has 1 unspecified atom stereocenters. The number of sulfonamides is 1. The number of aryl methyl sites for hydroxylation is 1. The van der Waals surface area contributed by atoms with Gasteiger partial charge in [0.15, 0.2) is 0 Å². The molecule has 6 rings (SSSR count). The summed E-state index contributed by atoms with van der Waals surface area (Å²) < 4.78 is 34.5. The van der Waals surface area contributed by atoms with Gasteiger partial charge in [0.05, 0.1) is 33.3 Å². The number of methoxy groups -OCH3 is 1. The highest BCUT2D eigenvalue weighted by atomic mass is 35.5. The highest BCUT2D eigenvalue weighted by Gasteiger charge is 2.51. The van der Waals surface area contributed by atoms with Gasteiger partial charge < -0.3 is 10.1 Å². The number of amides is 1. The molecule has 3 aromatic carbocycles. The predicted octanol–water partition coefficient (Wildman–Crippen LogP) is 6.74. The number of hydrogen-bond acceptors (Lipinski definition) is 6. The molecular formula is C35H35Cl2N3O5S. The summed E-state index contributed by atoms with van der Waals surface area (Å²) in [6.07, 6.45) is 4.04. The fourth-order valence-electron chi connectivity index (χ4n) is 6.84. The second kappa shape index (κ2) is 13.3. The van der Waals surface area contributed by atoms with E-state index in [0.717, 1.165) is 35.8 Å². The molecule has 11 heteroatoms. The highest BCUT2D eigenvalue weighted by Crippen LogP contribution is 2.43. The second-order valence-corrected chi connectivity index (χ2v) is 14.8. The molecule has 2 heterocycles. The van der Waals surface area contributed by atoms with Gasteiger partial charge in [-0.15, -0.1) is 0 Å².